The lowest BCUT2D eigenvalue weighted by molar-refractivity contribution is 0.274. The number of hydrogen-bond donors (Lipinski definition) is 1. The highest BCUT2D eigenvalue weighted by atomic mass is 35.5. The van der Waals surface area contributed by atoms with Gasteiger partial charge in [0, 0.05) is 6.54 Å². The van der Waals surface area contributed by atoms with Gasteiger partial charge in [-0.2, -0.15) is 0 Å². The van der Waals surface area contributed by atoms with Gasteiger partial charge in [-0.05, 0) is 17.5 Å². The predicted octanol–water partition coefficient (Wildman–Crippen LogP) is 2.37. The van der Waals surface area contributed by atoms with Crippen LogP contribution in [0.1, 0.15) is 13.8 Å². The Kier molecular flexibility index (Phi) is 5.08. The van der Waals surface area contributed by atoms with E-state index in [4.69, 9.17) is 27.9 Å². The van der Waals surface area contributed by atoms with Gasteiger partial charge in [-0.25, -0.2) is 9.97 Å². The minimum absolute atomic E-state index is 0.113. The third-order valence-electron chi connectivity index (χ3n) is 1.56. The van der Waals surface area contributed by atoms with Crippen LogP contribution in [0, 0.1) is 5.92 Å². The van der Waals surface area contributed by atoms with Crippen molar-refractivity contribution in [1.82, 2.24) is 15.3 Å². The van der Waals surface area contributed by atoms with Crippen LogP contribution < -0.4 is 10.1 Å². The van der Waals surface area contributed by atoms with Crippen molar-refractivity contribution in [2.75, 3.05) is 13.3 Å². The molecule has 0 atom stereocenters. The second-order valence-corrected chi connectivity index (χ2v) is 4.13. The van der Waals surface area contributed by atoms with E-state index >= 15 is 0 Å². The van der Waals surface area contributed by atoms with E-state index in [-0.39, 0.29) is 10.4 Å². The molecule has 0 amide bonds. The Balaban J connectivity index is 2.37. The normalized spacial score (nSPS) is 10.7. The fourth-order valence-corrected chi connectivity index (χ4v) is 1.26. The van der Waals surface area contributed by atoms with Gasteiger partial charge < -0.3 is 4.74 Å². The molecule has 0 saturated carbocycles. The van der Waals surface area contributed by atoms with Crippen LogP contribution in [-0.2, 0) is 0 Å². The van der Waals surface area contributed by atoms with Crippen LogP contribution >= 0.6 is 23.2 Å². The molecule has 1 aromatic heterocycles. The van der Waals surface area contributed by atoms with E-state index in [0.29, 0.717) is 18.4 Å². The molecule has 0 fully saturated rings. The summed E-state index contributed by atoms with van der Waals surface area (Å²) in [6.45, 7) is 5.49. The third kappa shape index (κ3) is 4.64. The average molecular weight is 250 g/mol. The van der Waals surface area contributed by atoms with Crippen molar-refractivity contribution in [3.05, 3.63) is 16.6 Å². The summed E-state index contributed by atoms with van der Waals surface area (Å²) >= 11 is 11.3. The molecule has 1 aromatic rings. The van der Waals surface area contributed by atoms with Gasteiger partial charge in [0.25, 0.3) is 0 Å². The van der Waals surface area contributed by atoms with Gasteiger partial charge in [0.2, 0.25) is 5.28 Å². The fourth-order valence-electron chi connectivity index (χ4n) is 0.903. The molecule has 0 aliphatic rings. The second-order valence-electron chi connectivity index (χ2n) is 3.43. The smallest absolute Gasteiger partial charge is 0.224 e. The lowest BCUT2D eigenvalue weighted by atomic mass is 10.2. The molecule has 0 aromatic carbocycles. The lowest BCUT2D eigenvalue weighted by Gasteiger charge is -2.09. The van der Waals surface area contributed by atoms with Crippen molar-refractivity contribution in [2.45, 2.75) is 13.8 Å². The molecule has 1 N–H and O–H groups in total. The summed E-state index contributed by atoms with van der Waals surface area (Å²) < 4.78 is 5.32. The Morgan fingerprint density at radius 3 is 2.80 bits per heavy atom. The molecular weight excluding hydrogens is 237 g/mol. The Morgan fingerprint density at radius 1 is 1.47 bits per heavy atom. The summed E-state index contributed by atoms with van der Waals surface area (Å²) in [5.74, 6) is 1.00. The highest BCUT2D eigenvalue weighted by Crippen LogP contribution is 2.21. The zero-order chi connectivity index (χ0) is 11.3. The first-order valence-electron chi connectivity index (χ1n) is 4.61. The van der Waals surface area contributed by atoms with Crippen LogP contribution in [0.5, 0.6) is 5.75 Å². The van der Waals surface area contributed by atoms with E-state index < -0.39 is 0 Å². The Labute approximate surface area is 99.0 Å². The number of rotatable bonds is 5. The van der Waals surface area contributed by atoms with Gasteiger partial charge in [-0.3, -0.25) is 5.32 Å². The first-order valence-corrected chi connectivity index (χ1v) is 5.36. The summed E-state index contributed by atoms with van der Waals surface area (Å²) in [7, 11) is 0. The molecule has 4 nitrogen and oxygen atoms in total. The van der Waals surface area contributed by atoms with E-state index in [1.807, 2.05) is 0 Å². The Morgan fingerprint density at radius 2 is 2.20 bits per heavy atom. The monoisotopic (exact) mass is 249 g/mol. The van der Waals surface area contributed by atoms with Crippen molar-refractivity contribution in [3.63, 3.8) is 0 Å². The maximum absolute atomic E-state index is 5.78. The van der Waals surface area contributed by atoms with Crippen LogP contribution in [0.25, 0.3) is 0 Å². The maximum atomic E-state index is 5.78. The van der Waals surface area contributed by atoms with Crippen LogP contribution in [-0.4, -0.2) is 23.2 Å². The molecule has 0 unspecified atom stereocenters. The van der Waals surface area contributed by atoms with Crippen molar-refractivity contribution in [3.8, 4) is 5.75 Å². The predicted molar refractivity (Wildman–Crippen MR) is 60.4 cm³/mol. The SMILES string of the molecule is CC(C)CNCOc1cnc(Cl)nc1Cl. The topological polar surface area (TPSA) is 47.0 Å². The van der Waals surface area contributed by atoms with Crippen LogP contribution in [0.2, 0.25) is 10.4 Å². The molecule has 6 heteroatoms. The van der Waals surface area contributed by atoms with E-state index in [9.17, 15) is 0 Å². The number of nitrogens with zero attached hydrogens (tertiary/aromatic N) is 2. The van der Waals surface area contributed by atoms with Crippen LogP contribution in [0.4, 0.5) is 0 Å². The van der Waals surface area contributed by atoms with E-state index in [1.54, 1.807) is 0 Å². The number of nitrogens with one attached hydrogen (secondary N) is 1. The molecule has 0 aliphatic carbocycles. The summed E-state index contributed by atoms with van der Waals surface area (Å²) in [5, 5.41) is 3.44. The molecular formula is C9H13Cl2N3O. The van der Waals surface area contributed by atoms with Gasteiger partial charge in [-0.15, -0.1) is 0 Å². The molecule has 0 spiro atoms. The third-order valence-corrected chi connectivity index (χ3v) is 2.02. The average Bonchev–Trinajstić information content (AvgIpc) is 2.14. The standard InChI is InChI=1S/C9H13Cl2N3O/c1-6(2)3-12-5-15-7-4-13-9(11)14-8(7)10/h4,6,12H,3,5H2,1-2H3. The van der Waals surface area contributed by atoms with Crippen LogP contribution in [0.3, 0.4) is 0 Å². The minimum atomic E-state index is 0.113. The maximum Gasteiger partial charge on any atom is 0.224 e. The molecule has 0 aliphatic heterocycles. The number of ether oxygens (including phenoxy) is 1. The zero-order valence-corrected chi connectivity index (χ0v) is 10.1. The molecule has 0 saturated heterocycles. The van der Waals surface area contributed by atoms with Gasteiger partial charge in [0.05, 0.1) is 6.20 Å². The van der Waals surface area contributed by atoms with E-state index in [2.05, 4.69) is 29.1 Å². The summed E-state index contributed by atoms with van der Waals surface area (Å²) in [5.41, 5.74) is 0. The van der Waals surface area contributed by atoms with Crippen molar-refractivity contribution in [1.29, 1.82) is 0 Å². The molecule has 1 heterocycles. The minimum Gasteiger partial charge on any atom is -0.474 e. The molecule has 15 heavy (non-hydrogen) atoms. The lowest BCUT2D eigenvalue weighted by Crippen LogP contribution is -2.24. The van der Waals surface area contributed by atoms with Crippen LogP contribution in [0.15, 0.2) is 6.20 Å². The molecule has 1 rings (SSSR count). The second kappa shape index (κ2) is 6.10. The summed E-state index contributed by atoms with van der Waals surface area (Å²) in [6.07, 6.45) is 1.45. The first-order chi connectivity index (χ1) is 7.09. The quantitative estimate of drug-likeness (QED) is 0.377. The van der Waals surface area contributed by atoms with E-state index in [1.165, 1.54) is 6.20 Å². The van der Waals surface area contributed by atoms with Crippen molar-refractivity contribution in [2.24, 2.45) is 5.92 Å². The van der Waals surface area contributed by atoms with Crippen molar-refractivity contribution >= 4 is 23.2 Å². The Hall–Kier alpha value is -0.580. The Bertz CT molecular complexity index is 320. The molecule has 0 bridgehead atoms. The van der Waals surface area contributed by atoms with Gasteiger partial charge in [0.1, 0.15) is 6.73 Å². The first kappa shape index (κ1) is 12.5. The number of aromatic nitrogens is 2. The number of hydrogen-bond acceptors (Lipinski definition) is 4. The van der Waals surface area contributed by atoms with Gasteiger partial charge >= 0.3 is 0 Å². The highest BCUT2D eigenvalue weighted by Gasteiger charge is 2.04. The fraction of sp³-hybridized carbons (Fsp3) is 0.556. The van der Waals surface area contributed by atoms with Gasteiger partial charge in [-0.1, -0.05) is 25.4 Å². The summed E-state index contributed by atoms with van der Waals surface area (Å²) in [6, 6.07) is 0. The van der Waals surface area contributed by atoms with E-state index in [0.717, 1.165) is 6.54 Å². The highest BCUT2D eigenvalue weighted by molar-refractivity contribution is 6.32. The molecule has 84 valence electrons. The number of halogens is 2. The van der Waals surface area contributed by atoms with Gasteiger partial charge in [0.15, 0.2) is 10.9 Å². The van der Waals surface area contributed by atoms with Crippen molar-refractivity contribution < 1.29 is 4.74 Å². The molecule has 0 radical (unpaired) electrons. The summed E-state index contributed by atoms with van der Waals surface area (Å²) in [4.78, 5) is 7.53. The largest absolute Gasteiger partial charge is 0.474 e. The zero-order valence-electron chi connectivity index (χ0n) is 8.63.